The van der Waals surface area contributed by atoms with Gasteiger partial charge in [0.2, 0.25) is 0 Å². The van der Waals surface area contributed by atoms with Crippen LogP contribution in [0.5, 0.6) is 0 Å². The zero-order chi connectivity index (χ0) is 13.0. The van der Waals surface area contributed by atoms with E-state index in [4.69, 9.17) is 5.11 Å². The van der Waals surface area contributed by atoms with E-state index in [-0.39, 0.29) is 12.2 Å². The van der Waals surface area contributed by atoms with E-state index in [1.54, 1.807) is 7.05 Å². The van der Waals surface area contributed by atoms with Crippen molar-refractivity contribution in [3.63, 3.8) is 0 Å². The SMILES string of the molecule is CNCC(O)C(O)c1cc(C(=O)O)c(F)cn1. The molecule has 0 aliphatic heterocycles. The van der Waals surface area contributed by atoms with Crippen molar-refractivity contribution < 1.29 is 24.5 Å². The van der Waals surface area contributed by atoms with Gasteiger partial charge in [-0.1, -0.05) is 0 Å². The first-order valence-electron chi connectivity index (χ1n) is 4.86. The summed E-state index contributed by atoms with van der Waals surface area (Å²) in [7, 11) is 1.58. The van der Waals surface area contributed by atoms with Gasteiger partial charge in [-0.15, -0.1) is 0 Å². The predicted octanol–water partition coefficient (Wildman–Crippen LogP) is -0.467. The second-order valence-electron chi connectivity index (χ2n) is 3.46. The maximum Gasteiger partial charge on any atom is 0.338 e. The van der Waals surface area contributed by atoms with Gasteiger partial charge in [0.05, 0.1) is 23.6 Å². The number of likely N-dealkylation sites (N-methyl/N-ethyl adjacent to an activating group) is 1. The standard InChI is InChI=1S/C10H13FN2O4/c1-12-4-8(14)9(15)7-2-5(10(16)17)6(11)3-13-7/h2-3,8-9,12,14-15H,4H2,1H3,(H,16,17). The monoisotopic (exact) mass is 244 g/mol. The molecular weight excluding hydrogens is 231 g/mol. The Kier molecular flexibility index (Phi) is 4.50. The Bertz CT molecular complexity index is 413. The lowest BCUT2D eigenvalue weighted by molar-refractivity contribution is 0.0175. The minimum absolute atomic E-state index is 0.0912. The normalized spacial score (nSPS) is 14.4. The van der Waals surface area contributed by atoms with Gasteiger partial charge in [0.15, 0.2) is 5.82 Å². The van der Waals surface area contributed by atoms with Gasteiger partial charge >= 0.3 is 5.97 Å². The number of hydrogen-bond donors (Lipinski definition) is 4. The molecule has 1 heterocycles. The second kappa shape index (κ2) is 5.67. The molecule has 0 spiro atoms. The number of aromatic carboxylic acids is 1. The van der Waals surface area contributed by atoms with Crippen LogP contribution < -0.4 is 5.32 Å². The van der Waals surface area contributed by atoms with Gasteiger partial charge in [-0.25, -0.2) is 9.18 Å². The highest BCUT2D eigenvalue weighted by Crippen LogP contribution is 2.17. The maximum absolute atomic E-state index is 13.0. The van der Waals surface area contributed by atoms with Gasteiger partial charge in [0.25, 0.3) is 0 Å². The van der Waals surface area contributed by atoms with Crippen LogP contribution in [-0.2, 0) is 0 Å². The van der Waals surface area contributed by atoms with E-state index in [0.29, 0.717) is 6.20 Å². The fourth-order valence-electron chi connectivity index (χ4n) is 1.30. The first-order chi connectivity index (χ1) is 7.97. The van der Waals surface area contributed by atoms with E-state index < -0.39 is 29.6 Å². The van der Waals surface area contributed by atoms with Crippen molar-refractivity contribution in [2.75, 3.05) is 13.6 Å². The number of carboxylic acids is 1. The third kappa shape index (κ3) is 3.19. The summed E-state index contributed by atoms with van der Waals surface area (Å²) in [5, 5.41) is 30.5. The van der Waals surface area contributed by atoms with Crippen LogP contribution in [0, 0.1) is 5.82 Å². The van der Waals surface area contributed by atoms with Gasteiger partial charge < -0.3 is 20.6 Å². The molecular formula is C10H13FN2O4. The molecule has 2 unspecified atom stereocenters. The number of nitrogens with zero attached hydrogens (tertiary/aromatic N) is 1. The molecule has 17 heavy (non-hydrogen) atoms. The summed E-state index contributed by atoms with van der Waals surface area (Å²) in [6.45, 7) is 0.0998. The van der Waals surface area contributed by atoms with Crippen LogP contribution in [0.3, 0.4) is 0 Å². The molecule has 6 nitrogen and oxygen atoms in total. The summed E-state index contributed by atoms with van der Waals surface area (Å²) in [6.07, 6.45) is -1.82. The van der Waals surface area contributed by atoms with E-state index in [0.717, 1.165) is 6.07 Å². The van der Waals surface area contributed by atoms with Crippen LogP contribution in [0.15, 0.2) is 12.3 Å². The lowest BCUT2D eigenvalue weighted by atomic mass is 10.1. The van der Waals surface area contributed by atoms with Crippen molar-refractivity contribution >= 4 is 5.97 Å². The number of carbonyl (C=O) groups is 1. The van der Waals surface area contributed by atoms with E-state index in [2.05, 4.69) is 10.3 Å². The number of nitrogens with one attached hydrogen (secondary N) is 1. The maximum atomic E-state index is 13.0. The van der Waals surface area contributed by atoms with Crippen molar-refractivity contribution in [3.8, 4) is 0 Å². The molecule has 4 N–H and O–H groups in total. The largest absolute Gasteiger partial charge is 0.478 e. The molecule has 0 radical (unpaired) electrons. The summed E-state index contributed by atoms with van der Waals surface area (Å²) < 4.78 is 13.0. The topological polar surface area (TPSA) is 103 Å². The summed E-state index contributed by atoms with van der Waals surface area (Å²) >= 11 is 0. The fraction of sp³-hybridized carbons (Fsp3) is 0.400. The first kappa shape index (κ1) is 13.5. The van der Waals surface area contributed by atoms with Crippen molar-refractivity contribution in [2.45, 2.75) is 12.2 Å². The second-order valence-corrected chi connectivity index (χ2v) is 3.46. The van der Waals surface area contributed by atoms with Crippen LogP contribution in [0.4, 0.5) is 4.39 Å². The molecule has 0 aliphatic carbocycles. The van der Waals surface area contributed by atoms with Crippen LogP contribution in [0.1, 0.15) is 22.2 Å². The van der Waals surface area contributed by atoms with Crippen molar-refractivity contribution in [1.82, 2.24) is 10.3 Å². The number of hydrogen-bond acceptors (Lipinski definition) is 5. The summed E-state index contributed by atoms with van der Waals surface area (Å²) in [5.41, 5.74) is -0.683. The van der Waals surface area contributed by atoms with Crippen LogP contribution >= 0.6 is 0 Å². The minimum atomic E-state index is -1.46. The van der Waals surface area contributed by atoms with Crippen molar-refractivity contribution in [2.24, 2.45) is 0 Å². The molecule has 0 fully saturated rings. The molecule has 0 bridgehead atoms. The number of aliphatic hydroxyl groups is 2. The molecule has 1 aromatic heterocycles. The van der Waals surface area contributed by atoms with E-state index >= 15 is 0 Å². The highest BCUT2D eigenvalue weighted by Gasteiger charge is 2.21. The first-order valence-corrected chi connectivity index (χ1v) is 4.86. The smallest absolute Gasteiger partial charge is 0.338 e. The number of aliphatic hydroxyl groups excluding tert-OH is 2. The Morgan fingerprint density at radius 3 is 2.76 bits per heavy atom. The van der Waals surface area contributed by atoms with Gasteiger partial charge in [-0.2, -0.15) is 0 Å². The zero-order valence-corrected chi connectivity index (χ0v) is 9.09. The molecule has 1 rings (SSSR count). The number of rotatable bonds is 5. The molecule has 0 saturated carbocycles. The molecule has 1 aromatic rings. The van der Waals surface area contributed by atoms with Crippen LogP contribution in [-0.4, -0.2) is 46.0 Å². The Morgan fingerprint density at radius 1 is 1.59 bits per heavy atom. The van der Waals surface area contributed by atoms with E-state index in [9.17, 15) is 19.4 Å². The molecule has 94 valence electrons. The third-order valence-corrected chi connectivity index (χ3v) is 2.19. The quantitative estimate of drug-likeness (QED) is 0.558. The average Bonchev–Trinajstić information content (AvgIpc) is 2.28. The van der Waals surface area contributed by atoms with Crippen molar-refractivity contribution in [3.05, 3.63) is 29.3 Å². The average molecular weight is 244 g/mol. The number of halogens is 1. The number of pyridine rings is 1. The molecule has 0 aromatic carbocycles. The third-order valence-electron chi connectivity index (χ3n) is 2.19. The molecule has 0 aliphatic rings. The van der Waals surface area contributed by atoms with E-state index in [1.165, 1.54) is 0 Å². The summed E-state index contributed by atoms with van der Waals surface area (Å²) in [4.78, 5) is 14.2. The highest BCUT2D eigenvalue weighted by atomic mass is 19.1. The van der Waals surface area contributed by atoms with Gasteiger partial charge in [0.1, 0.15) is 6.10 Å². The Balaban J connectivity index is 2.99. The minimum Gasteiger partial charge on any atom is -0.478 e. The van der Waals surface area contributed by atoms with Gasteiger partial charge in [-0.05, 0) is 13.1 Å². The molecule has 0 saturated heterocycles. The van der Waals surface area contributed by atoms with Crippen molar-refractivity contribution in [1.29, 1.82) is 0 Å². The predicted molar refractivity (Wildman–Crippen MR) is 56.0 cm³/mol. The number of carboxylic acid groups (broad SMARTS) is 1. The summed E-state index contributed by atoms with van der Waals surface area (Å²) in [5.74, 6) is -2.45. The summed E-state index contributed by atoms with van der Waals surface area (Å²) in [6, 6.07) is 0.904. The Hall–Kier alpha value is -1.57. The van der Waals surface area contributed by atoms with Crippen LogP contribution in [0.2, 0.25) is 0 Å². The number of aromatic nitrogens is 1. The highest BCUT2D eigenvalue weighted by molar-refractivity contribution is 5.87. The Labute approximate surface area is 96.7 Å². The van der Waals surface area contributed by atoms with Gasteiger partial charge in [-0.3, -0.25) is 4.98 Å². The Morgan fingerprint density at radius 2 is 2.24 bits per heavy atom. The van der Waals surface area contributed by atoms with Crippen LogP contribution in [0.25, 0.3) is 0 Å². The zero-order valence-electron chi connectivity index (χ0n) is 9.09. The molecule has 2 atom stereocenters. The fourth-order valence-corrected chi connectivity index (χ4v) is 1.30. The van der Waals surface area contributed by atoms with E-state index in [1.807, 2.05) is 0 Å². The molecule has 0 amide bonds. The van der Waals surface area contributed by atoms with Gasteiger partial charge in [0, 0.05) is 6.54 Å². The molecule has 7 heteroatoms. The lowest BCUT2D eigenvalue weighted by Gasteiger charge is -2.17. The lowest BCUT2D eigenvalue weighted by Crippen LogP contribution is -2.30.